The van der Waals surface area contributed by atoms with E-state index in [-0.39, 0.29) is 18.6 Å². The molecule has 1 rings (SSSR count). The summed E-state index contributed by atoms with van der Waals surface area (Å²) in [5.41, 5.74) is 0.297. The molecule has 0 bridgehead atoms. The number of hydrogen-bond acceptors (Lipinski definition) is 3. The molecule has 94 valence electrons. The highest BCUT2D eigenvalue weighted by atomic mass is 16.3. The van der Waals surface area contributed by atoms with E-state index in [2.05, 4.69) is 10.6 Å². The van der Waals surface area contributed by atoms with Crippen molar-refractivity contribution in [2.45, 2.75) is 45.1 Å². The molecule has 1 amide bonds. The van der Waals surface area contributed by atoms with E-state index in [4.69, 9.17) is 5.11 Å². The van der Waals surface area contributed by atoms with Crippen molar-refractivity contribution in [2.75, 3.05) is 20.2 Å². The van der Waals surface area contributed by atoms with Crippen molar-refractivity contribution in [3.63, 3.8) is 0 Å². The van der Waals surface area contributed by atoms with Crippen molar-refractivity contribution in [2.24, 2.45) is 5.41 Å². The second-order valence-corrected chi connectivity index (χ2v) is 4.99. The number of nitrogens with one attached hydrogen (secondary N) is 2. The molecule has 0 aromatic carbocycles. The van der Waals surface area contributed by atoms with E-state index in [1.165, 1.54) is 19.3 Å². The summed E-state index contributed by atoms with van der Waals surface area (Å²) < 4.78 is 0. The second kappa shape index (κ2) is 6.21. The molecule has 0 heterocycles. The third-order valence-electron chi connectivity index (χ3n) is 3.65. The molecule has 1 aliphatic rings. The van der Waals surface area contributed by atoms with Crippen LogP contribution in [0.15, 0.2) is 0 Å². The number of hydrogen-bond donors (Lipinski definition) is 3. The van der Waals surface area contributed by atoms with E-state index in [0.29, 0.717) is 11.8 Å². The Balaban J connectivity index is 2.24. The zero-order valence-corrected chi connectivity index (χ0v) is 10.4. The Labute approximate surface area is 97.8 Å². The molecule has 0 aromatic rings. The van der Waals surface area contributed by atoms with Gasteiger partial charge in [-0.05, 0) is 31.6 Å². The first-order chi connectivity index (χ1) is 7.62. The molecule has 1 saturated carbocycles. The van der Waals surface area contributed by atoms with Crippen molar-refractivity contribution in [1.29, 1.82) is 0 Å². The van der Waals surface area contributed by atoms with Crippen LogP contribution >= 0.6 is 0 Å². The van der Waals surface area contributed by atoms with Crippen LogP contribution < -0.4 is 10.6 Å². The lowest BCUT2D eigenvalue weighted by molar-refractivity contribution is -0.121. The molecule has 0 saturated heterocycles. The van der Waals surface area contributed by atoms with Gasteiger partial charge in [-0.15, -0.1) is 0 Å². The normalized spacial score (nSPS) is 19.9. The minimum Gasteiger partial charge on any atom is -0.396 e. The van der Waals surface area contributed by atoms with Crippen LogP contribution in [0.2, 0.25) is 0 Å². The Morgan fingerprint density at radius 3 is 2.62 bits per heavy atom. The van der Waals surface area contributed by atoms with Crippen LogP contribution in [-0.4, -0.2) is 37.3 Å². The summed E-state index contributed by atoms with van der Waals surface area (Å²) >= 11 is 0. The SMILES string of the molecule is CNC(=O)CC(C)NCC1(CCO)CCC1. The smallest absolute Gasteiger partial charge is 0.221 e. The van der Waals surface area contributed by atoms with Crippen LogP contribution in [-0.2, 0) is 4.79 Å². The Kier molecular flexibility index (Phi) is 5.22. The summed E-state index contributed by atoms with van der Waals surface area (Å²) in [7, 11) is 1.66. The zero-order chi connectivity index (χ0) is 12.0. The first-order valence-corrected chi connectivity index (χ1v) is 6.17. The van der Waals surface area contributed by atoms with E-state index in [9.17, 15) is 4.79 Å². The molecule has 0 aliphatic heterocycles. The molecule has 0 aromatic heterocycles. The number of carbonyl (C=O) groups excluding carboxylic acids is 1. The highest BCUT2D eigenvalue weighted by Crippen LogP contribution is 2.43. The van der Waals surface area contributed by atoms with Gasteiger partial charge < -0.3 is 15.7 Å². The van der Waals surface area contributed by atoms with Crippen molar-refractivity contribution in [3.05, 3.63) is 0 Å². The molecule has 4 heteroatoms. The molecule has 16 heavy (non-hydrogen) atoms. The van der Waals surface area contributed by atoms with E-state index >= 15 is 0 Å². The van der Waals surface area contributed by atoms with E-state index < -0.39 is 0 Å². The Morgan fingerprint density at radius 1 is 1.50 bits per heavy atom. The van der Waals surface area contributed by atoms with Gasteiger partial charge in [0.2, 0.25) is 5.91 Å². The number of amides is 1. The molecule has 1 fully saturated rings. The van der Waals surface area contributed by atoms with Gasteiger partial charge >= 0.3 is 0 Å². The summed E-state index contributed by atoms with van der Waals surface area (Å²) in [5, 5.41) is 15.1. The van der Waals surface area contributed by atoms with Crippen molar-refractivity contribution >= 4 is 5.91 Å². The van der Waals surface area contributed by atoms with Gasteiger partial charge in [0.1, 0.15) is 0 Å². The standard InChI is InChI=1S/C12H24N2O2/c1-10(8-11(16)13-2)14-9-12(6-7-15)4-3-5-12/h10,14-15H,3-9H2,1-2H3,(H,13,16). The fourth-order valence-corrected chi connectivity index (χ4v) is 2.27. The summed E-state index contributed by atoms with van der Waals surface area (Å²) in [6.45, 7) is 3.22. The number of carbonyl (C=O) groups is 1. The zero-order valence-electron chi connectivity index (χ0n) is 10.4. The van der Waals surface area contributed by atoms with Gasteiger partial charge in [0.25, 0.3) is 0 Å². The first-order valence-electron chi connectivity index (χ1n) is 6.17. The largest absolute Gasteiger partial charge is 0.396 e. The van der Waals surface area contributed by atoms with Gasteiger partial charge in [-0.2, -0.15) is 0 Å². The van der Waals surface area contributed by atoms with Crippen LogP contribution in [0.3, 0.4) is 0 Å². The van der Waals surface area contributed by atoms with E-state index in [1.54, 1.807) is 7.05 Å². The van der Waals surface area contributed by atoms with E-state index in [0.717, 1.165) is 13.0 Å². The fraction of sp³-hybridized carbons (Fsp3) is 0.917. The molecular formula is C12H24N2O2. The highest BCUT2D eigenvalue weighted by Gasteiger charge is 2.36. The monoisotopic (exact) mass is 228 g/mol. The molecule has 4 nitrogen and oxygen atoms in total. The highest BCUT2D eigenvalue weighted by molar-refractivity contribution is 5.76. The molecule has 0 spiro atoms. The summed E-state index contributed by atoms with van der Waals surface area (Å²) in [4.78, 5) is 11.2. The Morgan fingerprint density at radius 2 is 2.19 bits per heavy atom. The predicted octanol–water partition coefficient (Wildman–Crippen LogP) is 0.653. The van der Waals surface area contributed by atoms with Crippen LogP contribution in [0.25, 0.3) is 0 Å². The topological polar surface area (TPSA) is 61.4 Å². The van der Waals surface area contributed by atoms with Crippen LogP contribution in [0.5, 0.6) is 0 Å². The average molecular weight is 228 g/mol. The van der Waals surface area contributed by atoms with Gasteiger partial charge in [-0.25, -0.2) is 0 Å². The maximum atomic E-state index is 11.2. The van der Waals surface area contributed by atoms with Crippen LogP contribution in [0, 0.1) is 5.41 Å². The third-order valence-corrected chi connectivity index (χ3v) is 3.65. The van der Waals surface area contributed by atoms with Crippen molar-refractivity contribution < 1.29 is 9.90 Å². The van der Waals surface area contributed by atoms with E-state index in [1.807, 2.05) is 6.92 Å². The van der Waals surface area contributed by atoms with Gasteiger partial charge in [0.15, 0.2) is 0 Å². The summed E-state index contributed by atoms with van der Waals surface area (Å²) in [5.74, 6) is 0.0739. The predicted molar refractivity (Wildman–Crippen MR) is 64.1 cm³/mol. The molecular weight excluding hydrogens is 204 g/mol. The average Bonchev–Trinajstić information content (AvgIpc) is 2.21. The van der Waals surface area contributed by atoms with Crippen molar-refractivity contribution in [3.8, 4) is 0 Å². The Hall–Kier alpha value is -0.610. The first kappa shape index (κ1) is 13.5. The number of rotatable bonds is 7. The summed E-state index contributed by atoms with van der Waals surface area (Å²) in [6, 6.07) is 0.205. The van der Waals surface area contributed by atoms with Crippen molar-refractivity contribution in [1.82, 2.24) is 10.6 Å². The lowest BCUT2D eigenvalue weighted by Gasteiger charge is -2.42. The quantitative estimate of drug-likeness (QED) is 0.599. The summed E-state index contributed by atoms with van der Waals surface area (Å²) in [6.07, 6.45) is 5.07. The van der Waals surface area contributed by atoms with Crippen LogP contribution in [0.4, 0.5) is 0 Å². The maximum Gasteiger partial charge on any atom is 0.221 e. The second-order valence-electron chi connectivity index (χ2n) is 4.99. The minimum absolute atomic E-state index is 0.0739. The third kappa shape index (κ3) is 3.76. The molecule has 0 radical (unpaired) electrons. The van der Waals surface area contributed by atoms with Gasteiger partial charge in [-0.1, -0.05) is 6.42 Å². The molecule has 1 atom stereocenters. The lowest BCUT2D eigenvalue weighted by atomic mass is 9.66. The van der Waals surface area contributed by atoms with Crippen LogP contribution in [0.1, 0.15) is 39.0 Å². The van der Waals surface area contributed by atoms with Gasteiger partial charge in [-0.3, -0.25) is 4.79 Å². The van der Waals surface area contributed by atoms with Gasteiger partial charge in [0.05, 0.1) is 0 Å². The van der Waals surface area contributed by atoms with Gasteiger partial charge in [0, 0.05) is 32.7 Å². The molecule has 1 unspecified atom stereocenters. The maximum absolute atomic E-state index is 11.2. The fourth-order valence-electron chi connectivity index (χ4n) is 2.27. The number of aliphatic hydroxyl groups is 1. The Bertz CT molecular complexity index is 227. The lowest BCUT2D eigenvalue weighted by Crippen LogP contribution is -2.44. The molecule has 3 N–H and O–H groups in total. The molecule has 1 aliphatic carbocycles. The number of aliphatic hydroxyl groups excluding tert-OH is 1. The minimum atomic E-state index is 0.0739.